The molecule has 1 aromatic heterocycles. The van der Waals surface area contributed by atoms with E-state index in [2.05, 4.69) is 24.4 Å². The molecule has 1 N–H and O–H groups in total. The minimum Gasteiger partial charge on any atom is -0.466 e. The Morgan fingerprint density at radius 3 is 2.93 bits per heavy atom. The van der Waals surface area contributed by atoms with Crippen molar-refractivity contribution in [3.05, 3.63) is 23.7 Å². The van der Waals surface area contributed by atoms with Gasteiger partial charge in [-0.3, -0.25) is 0 Å². The molecular weight excluding hydrogens is 174 g/mol. The summed E-state index contributed by atoms with van der Waals surface area (Å²) in [7, 11) is 0. The average Bonchev–Trinajstić information content (AvgIpc) is 2.65. The van der Waals surface area contributed by atoms with Crippen LogP contribution in [0.15, 0.2) is 16.5 Å². The summed E-state index contributed by atoms with van der Waals surface area (Å²) in [6.07, 6.45) is 2.63. The summed E-state index contributed by atoms with van der Waals surface area (Å²) < 4.78 is 5.67. The third-order valence-corrected chi connectivity index (χ3v) is 3.25. The van der Waals surface area contributed by atoms with Gasteiger partial charge in [-0.1, -0.05) is 6.92 Å². The Hall–Kier alpha value is -0.760. The van der Waals surface area contributed by atoms with Crippen molar-refractivity contribution in [2.24, 2.45) is 5.92 Å². The summed E-state index contributed by atoms with van der Waals surface area (Å²) in [5.74, 6) is 3.47. The summed E-state index contributed by atoms with van der Waals surface area (Å²) in [5, 5.41) is 3.45. The number of hydrogen-bond acceptors (Lipinski definition) is 2. The van der Waals surface area contributed by atoms with Crippen LogP contribution in [0, 0.1) is 12.8 Å². The van der Waals surface area contributed by atoms with E-state index in [1.54, 1.807) is 0 Å². The van der Waals surface area contributed by atoms with E-state index >= 15 is 0 Å². The van der Waals surface area contributed by atoms with Crippen LogP contribution in [-0.4, -0.2) is 13.1 Å². The first-order valence-electron chi connectivity index (χ1n) is 5.54. The van der Waals surface area contributed by atoms with Gasteiger partial charge >= 0.3 is 0 Å². The molecule has 0 radical (unpaired) electrons. The van der Waals surface area contributed by atoms with E-state index in [0.717, 1.165) is 24.0 Å². The van der Waals surface area contributed by atoms with Crippen LogP contribution >= 0.6 is 0 Å². The lowest BCUT2D eigenvalue weighted by molar-refractivity contribution is 0.301. The molecule has 2 unspecified atom stereocenters. The van der Waals surface area contributed by atoms with Gasteiger partial charge in [0.15, 0.2) is 0 Å². The van der Waals surface area contributed by atoms with Gasteiger partial charge in [0, 0.05) is 5.92 Å². The van der Waals surface area contributed by atoms with E-state index in [-0.39, 0.29) is 0 Å². The minimum absolute atomic E-state index is 0.552. The van der Waals surface area contributed by atoms with Crippen molar-refractivity contribution in [2.75, 3.05) is 13.1 Å². The van der Waals surface area contributed by atoms with E-state index in [4.69, 9.17) is 4.42 Å². The van der Waals surface area contributed by atoms with Crippen molar-refractivity contribution in [3.63, 3.8) is 0 Å². The number of rotatable bonds is 2. The second kappa shape index (κ2) is 4.18. The van der Waals surface area contributed by atoms with E-state index in [0.29, 0.717) is 5.92 Å². The largest absolute Gasteiger partial charge is 0.466 e. The average molecular weight is 193 g/mol. The smallest absolute Gasteiger partial charge is 0.107 e. The van der Waals surface area contributed by atoms with Crippen LogP contribution in [0.4, 0.5) is 0 Å². The number of aryl methyl sites for hydroxylation is 1. The van der Waals surface area contributed by atoms with Crippen molar-refractivity contribution in [3.8, 4) is 0 Å². The first kappa shape index (κ1) is 9.78. The Morgan fingerprint density at radius 1 is 1.50 bits per heavy atom. The molecule has 1 aromatic rings. The molecule has 0 aliphatic carbocycles. The Balaban J connectivity index is 2.03. The normalized spacial score (nSPS) is 24.9. The zero-order chi connectivity index (χ0) is 9.97. The fourth-order valence-electron chi connectivity index (χ4n) is 2.24. The lowest BCUT2D eigenvalue weighted by Crippen LogP contribution is -2.32. The Bertz CT molecular complexity index is 286. The highest BCUT2D eigenvalue weighted by atomic mass is 16.3. The molecule has 1 fully saturated rings. The maximum absolute atomic E-state index is 5.67. The number of furan rings is 1. The maximum Gasteiger partial charge on any atom is 0.107 e. The van der Waals surface area contributed by atoms with Gasteiger partial charge in [0.1, 0.15) is 11.5 Å². The third kappa shape index (κ3) is 2.01. The molecule has 2 heteroatoms. The summed E-state index contributed by atoms with van der Waals surface area (Å²) in [4.78, 5) is 0. The standard InChI is InChI=1S/C12H19NO/c1-9-5-6-12(14-9)10(2)11-4-3-7-13-8-11/h5-6,10-11,13H,3-4,7-8H2,1-2H3. The van der Waals surface area contributed by atoms with Gasteiger partial charge in [-0.05, 0) is 50.9 Å². The van der Waals surface area contributed by atoms with E-state index in [1.807, 2.05) is 6.92 Å². The molecule has 1 aliphatic rings. The van der Waals surface area contributed by atoms with Gasteiger partial charge in [-0.25, -0.2) is 0 Å². The molecule has 1 aliphatic heterocycles. The first-order valence-corrected chi connectivity index (χ1v) is 5.54. The van der Waals surface area contributed by atoms with Gasteiger partial charge in [0.2, 0.25) is 0 Å². The molecule has 2 heterocycles. The monoisotopic (exact) mass is 193 g/mol. The van der Waals surface area contributed by atoms with Crippen molar-refractivity contribution >= 4 is 0 Å². The molecular formula is C12H19NO. The lowest BCUT2D eigenvalue weighted by atomic mass is 9.86. The van der Waals surface area contributed by atoms with Gasteiger partial charge in [0.05, 0.1) is 0 Å². The number of nitrogens with one attached hydrogen (secondary N) is 1. The molecule has 14 heavy (non-hydrogen) atoms. The molecule has 1 saturated heterocycles. The molecule has 0 spiro atoms. The Morgan fingerprint density at radius 2 is 2.36 bits per heavy atom. The topological polar surface area (TPSA) is 25.2 Å². The summed E-state index contributed by atoms with van der Waals surface area (Å²) in [5.41, 5.74) is 0. The maximum atomic E-state index is 5.67. The van der Waals surface area contributed by atoms with E-state index in [1.165, 1.54) is 19.4 Å². The van der Waals surface area contributed by atoms with Crippen molar-refractivity contribution < 1.29 is 4.42 Å². The van der Waals surface area contributed by atoms with Crippen molar-refractivity contribution in [1.82, 2.24) is 5.32 Å². The SMILES string of the molecule is Cc1ccc(C(C)C2CCCNC2)o1. The van der Waals surface area contributed by atoms with Crippen molar-refractivity contribution in [1.29, 1.82) is 0 Å². The van der Waals surface area contributed by atoms with Crippen LogP contribution in [0.3, 0.4) is 0 Å². The first-order chi connectivity index (χ1) is 6.77. The Labute approximate surface area is 85.7 Å². The van der Waals surface area contributed by atoms with Crippen LogP contribution < -0.4 is 5.32 Å². The zero-order valence-corrected chi connectivity index (χ0v) is 9.05. The molecule has 0 amide bonds. The van der Waals surface area contributed by atoms with Gasteiger partial charge in [-0.2, -0.15) is 0 Å². The summed E-state index contributed by atoms with van der Waals surface area (Å²) in [6.45, 7) is 6.60. The highest BCUT2D eigenvalue weighted by molar-refractivity contribution is 5.11. The molecule has 0 aromatic carbocycles. The van der Waals surface area contributed by atoms with E-state index in [9.17, 15) is 0 Å². The van der Waals surface area contributed by atoms with Gasteiger partial charge in [0.25, 0.3) is 0 Å². The number of piperidine rings is 1. The highest BCUT2D eigenvalue weighted by Crippen LogP contribution is 2.29. The highest BCUT2D eigenvalue weighted by Gasteiger charge is 2.23. The van der Waals surface area contributed by atoms with Crippen LogP contribution in [0.5, 0.6) is 0 Å². The van der Waals surface area contributed by atoms with Crippen LogP contribution in [0.25, 0.3) is 0 Å². The molecule has 2 nitrogen and oxygen atoms in total. The van der Waals surface area contributed by atoms with Crippen LogP contribution in [0.1, 0.15) is 37.2 Å². The Kier molecular flexibility index (Phi) is 2.92. The zero-order valence-electron chi connectivity index (χ0n) is 9.05. The fraction of sp³-hybridized carbons (Fsp3) is 0.667. The third-order valence-electron chi connectivity index (χ3n) is 3.25. The summed E-state index contributed by atoms with van der Waals surface area (Å²) >= 11 is 0. The lowest BCUT2D eigenvalue weighted by Gasteiger charge is -2.27. The fourth-order valence-corrected chi connectivity index (χ4v) is 2.24. The molecule has 0 saturated carbocycles. The molecule has 0 bridgehead atoms. The summed E-state index contributed by atoms with van der Waals surface area (Å²) in [6, 6.07) is 4.18. The van der Waals surface area contributed by atoms with Crippen LogP contribution in [-0.2, 0) is 0 Å². The van der Waals surface area contributed by atoms with Gasteiger partial charge < -0.3 is 9.73 Å². The second-order valence-electron chi connectivity index (χ2n) is 4.34. The number of hydrogen-bond donors (Lipinski definition) is 1. The quantitative estimate of drug-likeness (QED) is 0.781. The predicted molar refractivity (Wildman–Crippen MR) is 57.5 cm³/mol. The van der Waals surface area contributed by atoms with Gasteiger partial charge in [-0.15, -0.1) is 0 Å². The van der Waals surface area contributed by atoms with Crippen molar-refractivity contribution in [2.45, 2.75) is 32.6 Å². The van der Waals surface area contributed by atoms with Crippen LogP contribution in [0.2, 0.25) is 0 Å². The van der Waals surface area contributed by atoms with E-state index < -0.39 is 0 Å². The molecule has 2 rings (SSSR count). The minimum atomic E-state index is 0.552. The second-order valence-corrected chi connectivity index (χ2v) is 4.34. The molecule has 2 atom stereocenters. The predicted octanol–water partition coefficient (Wildman–Crippen LogP) is 2.69. The molecule has 78 valence electrons.